The van der Waals surface area contributed by atoms with E-state index >= 15 is 0 Å². The molecule has 23 heavy (non-hydrogen) atoms. The molecule has 0 spiro atoms. The van der Waals surface area contributed by atoms with Crippen LogP contribution in [0, 0.1) is 0 Å². The van der Waals surface area contributed by atoms with Gasteiger partial charge in [-0.1, -0.05) is 18.6 Å². The third-order valence-corrected chi connectivity index (χ3v) is 5.06. The second-order valence-electron chi connectivity index (χ2n) is 6.63. The molecule has 0 unspecified atom stereocenters. The molecule has 4 nitrogen and oxygen atoms in total. The number of hydrogen-bond donors (Lipinski definition) is 0. The second kappa shape index (κ2) is 8.55. The predicted octanol–water partition coefficient (Wildman–Crippen LogP) is 2.69. The van der Waals surface area contributed by atoms with E-state index in [1.165, 1.54) is 51.1 Å². The first-order chi connectivity index (χ1) is 11.4. The summed E-state index contributed by atoms with van der Waals surface area (Å²) in [5.74, 6) is 1.02. The molecule has 0 aromatic heterocycles. The van der Waals surface area contributed by atoms with Crippen molar-refractivity contribution >= 4 is 5.69 Å². The van der Waals surface area contributed by atoms with Gasteiger partial charge in [-0.15, -0.1) is 0 Å². The minimum atomic E-state index is 0.729. The zero-order valence-electron chi connectivity index (χ0n) is 14.5. The van der Waals surface area contributed by atoms with Crippen LogP contribution in [0.1, 0.15) is 26.2 Å². The molecule has 0 radical (unpaired) electrons. The number of likely N-dealkylation sites (tertiary alicyclic amines) is 1. The van der Waals surface area contributed by atoms with Gasteiger partial charge in [0.25, 0.3) is 0 Å². The van der Waals surface area contributed by atoms with E-state index in [0.717, 1.165) is 38.5 Å². The Morgan fingerprint density at radius 2 is 1.48 bits per heavy atom. The molecule has 2 aliphatic heterocycles. The molecule has 2 heterocycles. The normalized spacial score (nSPS) is 20.7. The zero-order chi connectivity index (χ0) is 15.9. The molecule has 0 bridgehead atoms. The Morgan fingerprint density at radius 3 is 2.17 bits per heavy atom. The van der Waals surface area contributed by atoms with Crippen LogP contribution in [0.2, 0.25) is 0 Å². The van der Waals surface area contributed by atoms with Crippen molar-refractivity contribution in [3.8, 4) is 5.75 Å². The van der Waals surface area contributed by atoms with Crippen LogP contribution in [0.15, 0.2) is 24.3 Å². The average molecular weight is 317 g/mol. The van der Waals surface area contributed by atoms with Crippen molar-refractivity contribution in [3.05, 3.63) is 24.3 Å². The lowest BCUT2D eigenvalue weighted by Gasteiger charge is -2.38. The molecule has 2 aliphatic rings. The summed E-state index contributed by atoms with van der Waals surface area (Å²) in [5, 5.41) is 0. The summed E-state index contributed by atoms with van der Waals surface area (Å²) in [6.45, 7) is 12.4. The Bertz CT molecular complexity index is 465. The molecule has 0 amide bonds. The Labute approximate surface area is 141 Å². The quantitative estimate of drug-likeness (QED) is 0.803. The number of anilines is 1. The summed E-state index contributed by atoms with van der Waals surface area (Å²) < 4.78 is 5.78. The molecule has 0 N–H and O–H groups in total. The minimum absolute atomic E-state index is 0.729. The first-order valence-corrected chi connectivity index (χ1v) is 9.28. The number of rotatable bonds is 6. The average Bonchev–Trinajstić information content (AvgIpc) is 2.62. The minimum Gasteiger partial charge on any atom is -0.492 e. The van der Waals surface area contributed by atoms with Crippen LogP contribution in [0.3, 0.4) is 0 Å². The summed E-state index contributed by atoms with van der Waals surface area (Å²) in [5.41, 5.74) is 1.25. The van der Waals surface area contributed by atoms with E-state index in [-0.39, 0.29) is 0 Å². The summed E-state index contributed by atoms with van der Waals surface area (Å²) in [6.07, 6.45) is 4.21. The third kappa shape index (κ3) is 4.61. The SMILES string of the molecule is CCOc1ccccc1N1CCN(CCN2CCCCC2)CC1. The number of ether oxygens (including phenoxy) is 1. The molecule has 4 heteroatoms. The Kier molecular flexibility index (Phi) is 6.17. The van der Waals surface area contributed by atoms with E-state index in [4.69, 9.17) is 4.74 Å². The molecule has 0 saturated carbocycles. The van der Waals surface area contributed by atoms with Crippen LogP contribution in [0.4, 0.5) is 5.69 Å². The highest BCUT2D eigenvalue weighted by Crippen LogP contribution is 2.28. The monoisotopic (exact) mass is 317 g/mol. The first kappa shape index (κ1) is 16.6. The van der Waals surface area contributed by atoms with Crippen molar-refractivity contribution in [1.29, 1.82) is 0 Å². The summed E-state index contributed by atoms with van der Waals surface area (Å²) in [6, 6.07) is 8.44. The smallest absolute Gasteiger partial charge is 0.142 e. The van der Waals surface area contributed by atoms with Crippen molar-refractivity contribution in [2.45, 2.75) is 26.2 Å². The standard InChI is InChI=1S/C19H31N3O/c1-2-23-19-9-5-4-8-18(19)22-16-14-21(15-17-22)13-12-20-10-6-3-7-11-20/h4-5,8-9H,2-3,6-7,10-17H2,1H3. The van der Waals surface area contributed by atoms with E-state index in [2.05, 4.69) is 45.9 Å². The number of hydrogen-bond acceptors (Lipinski definition) is 4. The van der Waals surface area contributed by atoms with Crippen molar-refractivity contribution in [2.75, 3.05) is 63.9 Å². The fourth-order valence-electron chi connectivity index (χ4n) is 3.67. The fraction of sp³-hybridized carbons (Fsp3) is 0.684. The topological polar surface area (TPSA) is 19.0 Å². The maximum absolute atomic E-state index is 5.78. The van der Waals surface area contributed by atoms with Crippen LogP contribution in [0.25, 0.3) is 0 Å². The lowest BCUT2D eigenvalue weighted by atomic mass is 10.1. The largest absolute Gasteiger partial charge is 0.492 e. The Balaban J connectivity index is 1.46. The van der Waals surface area contributed by atoms with Gasteiger partial charge < -0.3 is 14.5 Å². The zero-order valence-corrected chi connectivity index (χ0v) is 14.5. The van der Waals surface area contributed by atoms with Crippen LogP contribution in [-0.4, -0.2) is 68.8 Å². The van der Waals surface area contributed by atoms with Gasteiger partial charge in [0.1, 0.15) is 5.75 Å². The lowest BCUT2D eigenvalue weighted by molar-refractivity contribution is 0.176. The second-order valence-corrected chi connectivity index (χ2v) is 6.63. The van der Waals surface area contributed by atoms with Crippen LogP contribution in [-0.2, 0) is 0 Å². The highest BCUT2D eigenvalue weighted by atomic mass is 16.5. The molecule has 0 atom stereocenters. The predicted molar refractivity (Wildman–Crippen MR) is 96.6 cm³/mol. The maximum atomic E-state index is 5.78. The van der Waals surface area contributed by atoms with Gasteiger partial charge in [0, 0.05) is 39.3 Å². The first-order valence-electron chi connectivity index (χ1n) is 9.28. The number of piperazine rings is 1. The van der Waals surface area contributed by atoms with E-state index in [0.29, 0.717) is 0 Å². The van der Waals surface area contributed by atoms with E-state index in [1.807, 2.05) is 0 Å². The van der Waals surface area contributed by atoms with Gasteiger partial charge in [0.05, 0.1) is 12.3 Å². The van der Waals surface area contributed by atoms with Gasteiger partial charge in [-0.05, 0) is 45.0 Å². The van der Waals surface area contributed by atoms with Crippen LogP contribution in [0.5, 0.6) is 5.75 Å². The van der Waals surface area contributed by atoms with E-state index < -0.39 is 0 Å². The maximum Gasteiger partial charge on any atom is 0.142 e. The third-order valence-electron chi connectivity index (χ3n) is 5.06. The van der Waals surface area contributed by atoms with Gasteiger partial charge in [-0.2, -0.15) is 0 Å². The Morgan fingerprint density at radius 1 is 0.826 bits per heavy atom. The molecular formula is C19H31N3O. The van der Waals surface area contributed by atoms with Gasteiger partial charge >= 0.3 is 0 Å². The van der Waals surface area contributed by atoms with E-state index in [9.17, 15) is 0 Å². The molecule has 2 fully saturated rings. The summed E-state index contributed by atoms with van der Waals surface area (Å²) in [7, 11) is 0. The number of para-hydroxylation sites is 2. The number of piperidine rings is 1. The summed E-state index contributed by atoms with van der Waals surface area (Å²) >= 11 is 0. The summed E-state index contributed by atoms with van der Waals surface area (Å²) in [4.78, 5) is 7.73. The molecule has 2 saturated heterocycles. The molecule has 3 rings (SSSR count). The lowest BCUT2D eigenvalue weighted by Crippen LogP contribution is -2.49. The van der Waals surface area contributed by atoms with Crippen molar-refractivity contribution in [1.82, 2.24) is 9.80 Å². The number of benzene rings is 1. The number of nitrogens with zero attached hydrogens (tertiary/aromatic N) is 3. The molecular weight excluding hydrogens is 286 g/mol. The van der Waals surface area contributed by atoms with Gasteiger partial charge in [0.2, 0.25) is 0 Å². The van der Waals surface area contributed by atoms with Gasteiger partial charge in [-0.3, -0.25) is 4.90 Å². The highest BCUT2D eigenvalue weighted by molar-refractivity contribution is 5.58. The van der Waals surface area contributed by atoms with E-state index in [1.54, 1.807) is 0 Å². The molecule has 1 aromatic carbocycles. The van der Waals surface area contributed by atoms with Gasteiger partial charge in [-0.25, -0.2) is 0 Å². The Hall–Kier alpha value is -1.26. The molecule has 1 aromatic rings. The van der Waals surface area contributed by atoms with Crippen molar-refractivity contribution < 1.29 is 4.74 Å². The molecule has 0 aliphatic carbocycles. The molecule has 128 valence electrons. The van der Waals surface area contributed by atoms with Crippen LogP contribution >= 0.6 is 0 Å². The van der Waals surface area contributed by atoms with Crippen molar-refractivity contribution in [2.24, 2.45) is 0 Å². The van der Waals surface area contributed by atoms with Gasteiger partial charge in [0.15, 0.2) is 0 Å². The van der Waals surface area contributed by atoms with Crippen LogP contribution < -0.4 is 9.64 Å². The fourth-order valence-corrected chi connectivity index (χ4v) is 3.67. The highest BCUT2D eigenvalue weighted by Gasteiger charge is 2.20. The van der Waals surface area contributed by atoms with Crippen molar-refractivity contribution in [3.63, 3.8) is 0 Å².